The van der Waals surface area contributed by atoms with Gasteiger partial charge in [0.1, 0.15) is 5.01 Å². The number of aromatic nitrogens is 4. The van der Waals surface area contributed by atoms with Crippen LogP contribution in [0, 0.1) is 0 Å². The summed E-state index contributed by atoms with van der Waals surface area (Å²) in [5, 5.41) is 16.7. The highest BCUT2D eigenvalue weighted by Gasteiger charge is 2.12. The third kappa shape index (κ3) is 4.01. The van der Waals surface area contributed by atoms with Crippen LogP contribution in [0.15, 0.2) is 59.5 Å². The zero-order valence-electron chi connectivity index (χ0n) is 14.6. The SMILES string of the molecule is CCc1nnc2sc(-c3cccc(NC(=O)CSc4ccccc4)c3)nn12. The summed E-state index contributed by atoms with van der Waals surface area (Å²) < 4.78 is 1.78. The minimum Gasteiger partial charge on any atom is -0.325 e. The third-order valence-corrected chi connectivity index (χ3v) is 5.84. The van der Waals surface area contributed by atoms with Crippen molar-refractivity contribution in [3.8, 4) is 10.6 Å². The lowest BCUT2D eigenvalue weighted by molar-refractivity contribution is -0.113. The first-order valence-corrected chi connectivity index (χ1v) is 10.3. The quantitative estimate of drug-likeness (QED) is 0.497. The summed E-state index contributed by atoms with van der Waals surface area (Å²) in [7, 11) is 0. The van der Waals surface area contributed by atoms with Crippen LogP contribution in [0.1, 0.15) is 12.7 Å². The van der Waals surface area contributed by atoms with Crippen LogP contribution in [-0.2, 0) is 11.2 Å². The molecule has 0 radical (unpaired) electrons. The second kappa shape index (κ2) is 7.89. The fourth-order valence-corrected chi connectivity index (χ4v) is 4.16. The molecule has 2 heterocycles. The molecule has 0 bridgehead atoms. The first-order valence-electron chi connectivity index (χ1n) is 8.52. The van der Waals surface area contributed by atoms with E-state index in [2.05, 4.69) is 20.6 Å². The summed E-state index contributed by atoms with van der Waals surface area (Å²) >= 11 is 3.00. The number of nitrogens with zero attached hydrogens (tertiary/aromatic N) is 4. The van der Waals surface area contributed by atoms with Crippen molar-refractivity contribution < 1.29 is 4.79 Å². The van der Waals surface area contributed by atoms with E-state index in [0.717, 1.165) is 38.4 Å². The fraction of sp³-hybridized carbons (Fsp3) is 0.158. The molecule has 0 spiro atoms. The maximum absolute atomic E-state index is 12.2. The van der Waals surface area contributed by atoms with Crippen LogP contribution in [0.25, 0.3) is 15.5 Å². The Balaban J connectivity index is 1.46. The Morgan fingerprint density at radius 1 is 1.15 bits per heavy atom. The molecule has 0 unspecified atom stereocenters. The van der Waals surface area contributed by atoms with E-state index in [1.54, 1.807) is 4.52 Å². The van der Waals surface area contributed by atoms with Gasteiger partial charge in [-0.1, -0.05) is 48.6 Å². The lowest BCUT2D eigenvalue weighted by Gasteiger charge is -2.06. The molecule has 0 saturated heterocycles. The molecule has 136 valence electrons. The number of nitrogens with one attached hydrogen (secondary N) is 1. The summed E-state index contributed by atoms with van der Waals surface area (Å²) in [6.07, 6.45) is 0.777. The number of carbonyl (C=O) groups excluding carboxylic acids is 1. The zero-order valence-corrected chi connectivity index (χ0v) is 16.3. The average Bonchev–Trinajstić information content (AvgIpc) is 3.28. The highest BCUT2D eigenvalue weighted by atomic mass is 32.2. The van der Waals surface area contributed by atoms with Crippen molar-refractivity contribution in [2.45, 2.75) is 18.2 Å². The summed E-state index contributed by atoms with van der Waals surface area (Å²) in [6, 6.07) is 17.6. The predicted molar refractivity (Wildman–Crippen MR) is 109 cm³/mol. The van der Waals surface area contributed by atoms with E-state index in [0.29, 0.717) is 5.75 Å². The van der Waals surface area contributed by atoms with Crippen molar-refractivity contribution in [3.63, 3.8) is 0 Å². The van der Waals surface area contributed by atoms with E-state index in [-0.39, 0.29) is 5.91 Å². The Morgan fingerprint density at radius 2 is 2.00 bits per heavy atom. The molecule has 0 atom stereocenters. The van der Waals surface area contributed by atoms with Gasteiger partial charge in [-0.2, -0.15) is 9.61 Å². The Kier molecular flexibility index (Phi) is 5.17. The number of thioether (sulfide) groups is 1. The molecule has 6 nitrogen and oxygen atoms in total. The van der Waals surface area contributed by atoms with Crippen LogP contribution >= 0.6 is 23.1 Å². The minimum atomic E-state index is -0.0348. The van der Waals surface area contributed by atoms with Crippen molar-refractivity contribution in [1.82, 2.24) is 19.8 Å². The van der Waals surface area contributed by atoms with Crippen LogP contribution in [0.2, 0.25) is 0 Å². The first kappa shape index (κ1) is 17.7. The topological polar surface area (TPSA) is 72.2 Å². The molecule has 1 N–H and O–H groups in total. The second-order valence-electron chi connectivity index (χ2n) is 5.80. The maximum Gasteiger partial charge on any atom is 0.234 e. The van der Waals surface area contributed by atoms with Crippen LogP contribution < -0.4 is 5.32 Å². The largest absolute Gasteiger partial charge is 0.325 e. The van der Waals surface area contributed by atoms with E-state index >= 15 is 0 Å². The molecule has 0 saturated carbocycles. The number of amides is 1. The molecule has 1 amide bonds. The molecule has 8 heteroatoms. The standard InChI is InChI=1S/C19H17N5OS2/c1-2-16-21-22-19-24(16)23-18(27-19)13-7-6-8-14(11-13)20-17(25)12-26-15-9-4-3-5-10-15/h3-11H,2,12H2,1H3,(H,20,25). The molecular weight excluding hydrogens is 378 g/mol. The predicted octanol–water partition coefficient (Wildman–Crippen LogP) is 4.15. The summed E-state index contributed by atoms with van der Waals surface area (Å²) in [6.45, 7) is 2.03. The van der Waals surface area contributed by atoms with Crippen LogP contribution in [0.3, 0.4) is 0 Å². The second-order valence-corrected chi connectivity index (χ2v) is 7.81. The number of carbonyl (C=O) groups is 1. The highest BCUT2D eigenvalue weighted by Crippen LogP contribution is 2.27. The van der Waals surface area contributed by atoms with Gasteiger partial charge in [-0.25, -0.2) is 0 Å². The molecule has 2 aromatic carbocycles. The summed E-state index contributed by atoms with van der Waals surface area (Å²) in [5.41, 5.74) is 1.70. The smallest absolute Gasteiger partial charge is 0.234 e. The van der Waals surface area contributed by atoms with Crippen molar-refractivity contribution in [2.24, 2.45) is 0 Å². The molecular formula is C19H17N5OS2. The van der Waals surface area contributed by atoms with Crippen LogP contribution in [-0.4, -0.2) is 31.5 Å². The van der Waals surface area contributed by atoms with Crippen molar-refractivity contribution in [3.05, 3.63) is 60.4 Å². The molecule has 0 aliphatic rings. The maximum atomic E-state index is 12.2. The van der Waals surface area contributed by atoms with Gasteiger partial charge in [-0.05, 0) is 24.3 Å². The van der Waals surface area contributed by atoms with Crippen molar-refractivity contribution in [1.29, 1.82) is 0 Å². The lowest BCUT2D eigenvalue weighted by Crippen LogP contribution is -2.13. The summed E-state index contributed by atoms with van der Waals surface area (Å²) in [4.78, 5) is 14.1. The monoisotopic (exact) mass is 395 g/mol. The van der Waals surface area contributed by atoms with Gasteiger partial charge >= 0.3 is 0 Å². The Morgan fingerprint density at radius 3 is 2.81 bits per heavy atom. The van der Waals surface area contributed by atoms with Crippen molar-refractivity contribution >= 4 is 39.7 Å². The zero-order chi connectivity index (χ0) is 18.6. The molecule has 4 rings (SSSR count). The average molecular weight is 396 g/mol. The van der Waals surface area contributed by atoms with E-state index in [9.17, 15) is 4.79 Å². The van der Waals surface area contributed by atoms with Gasteiger partial charge < -0.3 is 5.32 Å². The van der Waals surface area contributed by atoms with Crippen molar-refractivity contribution in [2.75, 3.05) is 11.1 Å². The Labute approximate surface area is 164 Å². The van der Waals surface area contributed by atoms with Gasteiger partial charge in [0.25, 0.3) is 0 Å². The Hall–Kier alpha value is -2.71. The van der Waals surface area contributed by atoms with E-state index in [1.807, 2.05) is 61.5 Å². The molecule has 0 aliphatic carbocycles. The number of aryl methyl sites for hydroxylation is 1. The number of anilines is 1. The van der Waals surface area contributed by atoms with E-state index < -0.39 is 0 Å². The number of benzene rings is 2. The highest BCUT2D eigenvalue weighted by molar-refractivity contribution is 8.00. The van der Waals surface area contributed by atoms with Gasteiger partial charge in [0.05, 0.1) is 5.75 Å². The van der Waals surface area contributed by atoms with E-state index in [1.165, 1.54) is 23.1 Å². The van der Waals surface area contributed by atoms with E-state index in [4.69, 9.17) is 0 Å². The van der Waals surface area contributed by atoms with Gasteiger partial charge in [-0.15, -0.1) is 22.0 Å². The van der Waals surface area contributed by atoms with Gasteiger partial charge in [0, 0.05) is 22.6 Å². The van der Waals surface area contributed by atoms with Crippen LogP contribution in [0.5, 0.6) is 0 Å². The summed E-state index contributed by atoms with van der Waals surface area (Å²) in [5.74, 6) is 1.17. The first-order chi connectivity index (χ1) is 13.2. The minimum absolute atomic E-state index is 0.0348. The molecule has 4 aromatic rings. The van der Waals surface area contributed by atoms with Gasteiger partial charge in [0.15, 0.2) is 5.82 Å². The normalized spacial score (nSPS) is 11.0. The molecule has 0 aliphatic heterocycles. The number of hydrogen-bond donors (Lipinski definition) is 1. The molecule has 27 heavy (non-hydrogen) atoms. The fourth-order valence-electron chi connectivity index (χ4n) is 2.59. The lowest BCUT2D eigenvalue weighted by atomic mass is 10.2. The Bertz CT molecular complexity index is 1070. The number of rotatable bonds is 6. The van der Waals surface area contributed by atoms with Crippen LogP contribution in [0.4, 0.5) is 5.69 Å². The molecule has 2 aromatic heterocycles. The van der Waals surface area contributed by atoms with Gasteiger partial charge in [-0.3, -0.25) is 4.79 Å². The van der Waals surface area contributed by atoms with Gasteiger partial charge in [0.2, 0.25) is 10.9 Å². The molecule has 0 fully saturated rings. The number of fused-ring (bicyclic) bond motifs is 1. The third-order valence-electron chi connectivity index (χ3n) is 3.88. The number of hydrogen-bond acceptors (Lipinski definition) is 6.